The molecule has 0 saturated carbocycles. The minimum atomic E-state index is -0.246. The van der Waals surface area contributed by atoms with Crippen LogP contribution in [0.4, 0.5) is 4.39 Å². The Morgan fingerprint density at radius 3 is 2.78 bits per heavy atom. The van der Waals surface area contributed by atoms with Crippen molar-refractivity contribution in [3.63, 3.8) is 0 Å². The minimum Gasteiger partial charge on any atom is -0.489 e. The molecule has 18 heavy (non-hydrogen) atoms. The SMILES string of the molecule is CCc1cccc(OCc2cc(Br)ccc2F)c1. The Morgan fingerprint density at radius 2 is 2.00 bits per heavy atom. The van der Waals surface area contributed by atoms with Crippen LogP contribution in [-0.4, -0.2) is 0 Å². The van der Waals surface area contributed by atoms with Gasteiger partial charge in [0.25, 0.3) is 0 Å². The Labute approximate surface area is 115 Å². The topological polar surface area (TPSA) is 9.23 Å². The molecule has 2 aromatic carbocycles. The van der Waals surface area contributed by atoms with Gasteiger partial charge in [0.2, 0.25) is 0 Å². The molecule has 0 atom stereocenters. The Bertz CT molecular complexity index is 540. The van der Waals surface area contributed by atoms with Crippen LogP contribution in [0.15, 0.2) is 46.9 Å². The molecule has 3 heteroatoms. The fourth-order valence-electron chi connectivity index (χ4n) is 1.67. The van der Waals surface area contributed by atoms with Gasteiger partial charge in [-0.1, -0.05) is 35.0 Å². The molecule has 0 N–H and O–H groups in total. The summed E-state index contributed by atoms with van der Waals surface area (Å²) in [5.74, 6) is 0.526. The normalized spacial score (nSPS) is 10.4. The largest absolute Gasteiger partial charge is 0.489 e. The molecule has 0 aliphatic rings. The number of rotatable bonds is 4. The zero-order valence-corrected chi connectivity index (χ0v) is 11.7. The first-order valence-corrected chi connectivity index (χ1v) is 6.64. The van der Waals surface area contributed by atoms with Crippen molar-refractivity contribution in [2.75, 3.05) is 0 Å². The van der Waals surface area contributed by atoms with Gasteiger partial charge >= 0.3 is 0 Å². The van der Waals surface area contributed by atoms with Crippen molar-refractivity contribution in [3.8, 4) is 5.75 Å². The molecule has 0 bridgehead atoms. The van der Waals surface area contributed by atoms with Crippen molar-refractivity contribution in [1.82, 2.24) is 0 Å². The van der Waals surface area contributed by atoms with Crippen LogP contribution in [0.1, 0.15) is 18.1 Å². The van der Waals surface area contributed by atoms with Crippen LogP contribution in [0.5, 0.6) is 5.75 Å². The van der Waals surface area contributed by atoms with Crippen molar-refractivity contribution >= 4 is 15.9 Å². The number of aryl methyl sites for hydroxylation is 1. The highest BCUT2D eigenvalue weighted by Crippen LogP contribution is 2.19. The van der Waals surface area contributed by atoms with Gasteiger partial charge in [-0.3, -0.25) is 0 Å². The van der Waals surface area contributed by atoms with E-state index in [1.165, 1.54) is 11.6 Å². The zero-order valence-electron chi connectivity index (χ0n) is 10.1. The van der Waals surface area contributed by atoms with Crippen LogP contribution in [0.3, 0.4) is 0 Å². The molecular formula is C15H14BrFO. The van der Waals surface area contributed by atoms with Gasteiger partial charge in [-0.2, -0.15) is 0 Å². The summed E-state index contributed by atoms with van der Waals surface area (Å²) in [6.07, 6.45) is 0.961. The fraction of sp³-hybridized carbons (Fsp3) is 0.200. The molecule has 0 spiro atoms. The summed E-state index contributed by atoms with van der Waals surface area (Å²) in [7, 11) is 0. The van der Waals surface area contributed by atoms with E-state index in [0.717, 1.165) is 16.6 Å². The second-order valence-corrected chi connectivity index (χ2v) is 4.94. The van der Waals surface area contributed by atoms with E-state index >= 15 is 0 Å². The van der Waals surface area contributed by atoms with E-state index in [2.05, 4.69) is 22.9 Å². The second kappa shape index (κ2) is 6.01. The third-order valence-corrected chi connectivity index (χ3v) is 3.20. The van der Waals surface area contributed by atoms with E-state index in [-0.39, 0.29) is 12.4 Å². The third-order valence-electron chi connectivity index (χ3n) is 2.71. The van der Waals surface area contributed by atoms with Gasteiger partial charge in [0, 0.05) is 10.0 Å². The predicted octanol–water partition coefficient (Wildman–Crippen LogP) is 4.73. The quantitative estimate of drug-likeness (QED) is 0.793. The molecule has 0 radical (unpaired) electrons. The van der Waals surface area contributed by atoms with Gasteiger partial charge in [0.15, 0.2) is 0 Å². The van der Waals surface area contributed by atoms with E-state index in [1.54, 1.807) is 12.1 Å². The van der Waals surface area contributed by atoms with Crippen LogP contribution in [0.2, 0.25) is 0 Å². The number of benzene rings is 2. The maximum absolute atomic E-state index is 13.5. The first-order chi connectivity index (χ1) is 8.69. The van der Waals surface area contributed by atoms with Gasteiger partial charge in [-0.05, 0) is 42.3 Å². The standard InChI is InChI=1S/C15H14BrFO/c1-2-11-4-3-5-14(8-11)18-10-12-9-13(16)6-7-15(12)17/h3-9H,2,10H2,1H3. The summed E-state index contributed by atoms with van der Waals surface area (Å²) >= 11 is 3.32. The molecule has 2 rings (SSSR count). The fourth-order valence-corrected chi connectivity index (χ4v) is 2.08. The lowest BCUT2D eigenvalue weighted by molar-refractivity contribution is 0.299. The second-order valence-electron chi connectivity index (χ2n) is 4.03. The van der Waals surface area contributed by atoms with Crippen molar-refractivity contribution in [3.05, 3.63) is 63.9 Å². The Hall–Kier alpha value is -1.35. The lowest BCUT2D eigenvalue weighted by atomic mass is 10.1. The molecule has 2 aromatic rings. The van der Waals surface area contributed by atoms with Crippen molar-refractivity contribution in [2.24, 2.45) is 0 Å². The van der Waals surface area contributed by atoms with E-state index in [4.69, 9.17) is 4.74 Å². The van der Waals surface area contributed by atoms with Crippen molar-refractivity contribution in [2.45, 2.75) is 20.0 Å². The Morgan fingerprint density at radius 1 is 1.17 bits per heavy atom. The summed E-state index contributed by atoms with van der Waals surface area (Å²) < 4.78 is 20.0. The summed E-state index contributed by atoms with van der Waals surface area (Å²) in [5, 5.41) is 0. The molecule has 0 aliphatic heterocycles. The molecule has 0 heterocycles. The average Bonchev–Trinajstić information content (AvgIpc) is 2.40. The summed E-state index contributed by atoms with van der Waals surface area (Å²) in [6, 6.07) is 12.7. The highest BCUT2D eigenvalue weighted by atomic mass is 79.9. The lowest BCUT2D eigenvalue weighted by Crippen LogP contribution is -1.98. The summed E-state index contributed by atoms with van der Waals surface area (Å²) in [6.45, 7) is 2.32. The molecular weight excluding hydrogens is 295 g/mol. The zero-order chi connectivity index (χ0) is 13.0. The van der Waals surface area contributed by atoms with Crippen LogP contribution < -0.4 is 4.74 Å². The smallest absolute Gasteiger partial charge is 0.129 e. The monoisotopic (exact) mass is 308 g/mol. The molecule has 0 aliphatic carbocycles. The van der Waals surface area contributed by atoms with Gasteiger partial charge in [0.05, 0.1) is 0 Å². The van der Waals surface area contributed by atoms with Crippen molar-refractivity contribution in [1.29, 1.82) is 0 Å². The molecule has 0 saturated heterocycles. The molecule has 94 valence electrons. The molecule has 1 nitrogen and oxygen atoms in total. The van der Waals surface area contributed by atoms with E-state index in [0.29, 0.717) is 5.56 Å². The highest BCUT2D eigenvalue weighted by molar-refractivity contribution is 9.10. The van der Waals surface area contributed by atoms with E-state index in [9.17, 15) is 4.39 Å². The van der Waals surface area contributed by atoms with Crippen LogP contribution in [0.25, 0.3) is 0 Å². The average molecular weight is 309 g/mol. The van der Waals surface area contributed by atoms with Crippen LogP contribution in [0, 0.1) is 5.82 Å². The van der Waals surface area contributed by atoms with Gasteiger partial charge in [-0.25, -0.2) is 4.39 Å². The van der Waals surface area contributed by atoms with Crippen LogP contribution >= 0.6 is 15.9 Å². The molecule has 0 amide bonds. The maximum Gasteiger partial charge on any atom is 0.129 e. The number of halogens is 2. The third kappa shape index (κ3) is 3.33. The summed E-state index contributed by atoms with van der Waals surface area (Å²) in [4.78, 5) is 0. The molecule has 0 aromatic heterocycles. The summed E-state index contributed by atoms with van der Waals surface area (Å²) in [5.41, 5.74) is 1.76. The van der Waals surface area contributed by atoms with E-state index < -0.39 is 0 Å². The van der Waals surface area contributed by atoms with E-state index in [1.807, 2.05) is 24.3 Å². The van der Waals surface area contributed by atoms with Crippen LogP contribution in [-0.2, 0) is 13.0 Å². The highest BCUT2D eigenvalue weighted by Gasteiger charge is 2.04. The van der Waals surface area contributed by atoms with Gasteiger partial charge in [0.1, 0.15) is 18.2 Å². The number of hydrogen-bond donors (Lipinski definition) is 0. The van der Waals surface area contributed by atoms with Crippen molar-refractivity contribution < 1.29 is 9.13 Å². The Balaban J connectivity index is 2.08. The van der Waals surface area contributed by atoms with Gasteiger partial charge < -0.3 is 4.74 Å². The lowest BCUT2D eigenvalue weighted by Gasteiger charge is -2.08. The molecule has 0 unspecified atom stereocenters. The predicted molar refractivity (Wildman–Crippen MR) is 74.3 cm³/mol. The van der Waals surface area contributed by atoms with Gasteiger partial charge in [-0.15, -0.1) is 0 Å². The Kier molecular flexibility index (Phi) is 4.37. The number of ether oxygens (including phenoxy) is 1. The number of hydrogen-bond acceptors (Lipinski definition) is 1. The molecule has 0 fully saturated rings. The first-order valence-electron chi connectivity index (χ1n) is 5.84. The minimum absolute atomic E-state index is 0.235. The maximum atomic E-state index is 13.5. The first kappa shape index (κ1) is 13.1.